The molecule has 0 saturated carbocycles. The maximum atomic E-state index is 12.9. The molecule has 0 atom stereocenters. The van der Waals surface area contributed by atoms with Crippen LogP contribution in [0.3, 0.4) is 0 Å². The van der Waals surface area contributed by atoms with Crippen molar-refractivity contribution in [1.82, 2.24) is 14.8 Å². The number of nitrogens with one attached hydrogen (secondary N) is 1. The number of amides is 1. The average molecular weight is 303 g/mol. The van der Waals surface area contributed by atoms with Crippen LogP contribution in [0.1, 0.15) is 53.2 Å². The summed E-state index contributed by atoms with van der Waals surface area (Å²) >= 11 is 0. The SMILES string of the molecule is CC(C)C(=O)n1c(C(=O)N2CCNCC2)cc2c1CCCC2. The molecular formula is C17H25N3O2. The van der Waals surface area contributed by atoms with Crippen molar-refractivity contribution in [3.63, 3.8) is 0 Å². The van der Waals surface area contributed by atoms with E-state index in [0.29, 0.717) is 18.8 Å². The van der Waals surface area contributed by atoms with Crippen LogP contribution in [0.4, 0.5) is 0 Å². The second-order valence-corrected chi connectivity index (χ2v) is 6.58. The first-order valence-corrected chi connectivity index (χ1v) is 8.37. The Morgan fingerprint density at radius 2 is 1.82 bits per heavy atom. The first kappa shape index (κ1) is 15.3. The summed E-state index contributed by atoms with van der Waals surface area (Å²) in [5.74, 6) is -0.0560. The number of piperazine rings is 1. The van der Waals surface area contributed by atoms with E-state index in [2.05, 4.69) is 5.32 Å². The van der Waals surface area contributed by atoms with Gasteiger partial charge in [0.1, 0.15) is 5.69 Å². The maximum absolute atomic E-state index is 12.9. The molecule has 1 aliphatic heterocycles. The number of fused-ring (bicyclic) bond motifs is 1. The Morgan fingerprint density at radius 3 is 2.50 bits per heavy atom. The second kappa shape index (κ2) is 6.24. The lowest BCUT2D eigenvalue weighted by Gasteiger charge is -2.28. The minimum atomic E-state index is -0.104. The molecule has 3 rings (SSSR count). The van der Waals surface area contributed by atoms with Gasteiger partial charge in [0.15, 0.2) is 0 Å². The number of carbonyl (C=O) groups is 2. The largest absolute Gasteiger partial charge is 0.335 e. The highest BCUT2D eigenvalue weighted by Gasteiger charge is 2.29. The van der Waals surface area contributed by atoms with Gasteiger partial charge in [-0.05, 0) is 37.3 Å². The molecular weight excluding hydrogens is 278 g/mol. The van der Waals surface area contributed by atoms with E-state index in [9.17, 15) is 9.59 Å². The van der Waals surface area contributed by atoms with Crippen LogP contribution in [-0.2, 0) is 12.8 Å². The van der Waals surface area contributed by atoms with Gasteiger partial charge in [-0.15, -0.1) is 0 Å². The van der Waals surface area contributed by atoms with Gasteiger partial charge >= 0.3 is 0 Å². The van der Waals surface area contributed by atoms with Gasteiger partial charge in [0.2, 0.25) is 5.91 Å². The summed E-state index contributed by atoms with van der Waals surface area (Å²) in [6.07, 6.45) is 4.13. The minimum absolute atomic E-state index is 0.00454. The quantitative estimate of drug-likeness (QED) is 0.905. The Labute approximate surface area is 131 Å². The Morgan fingerprint density at radius 1 is 1.14 bits per heavy atom. The fourth-order valence-corrected chi connectivity index (χ4v) is 3.40. The molecule has 1 fully saturated rings. The third-order valence-corrected chi connectivity index (χ3v) is 4.64. The summed E-state index contributed by atoms with van der Waals surface area (Å²) in [7, 11) is 0. The van der Waals surface area contributed by atoms with Crippen LogP contribution < -0.4 is 5.32 Å². The van der Waals surface area contributed by atoms with Crippen molar-refractivity contribution in [2.75, 3.05) is 26.2 Å². The number of rotatable bonds is 2. The highest BCUT2D eigenvalue weighted by atomic mass is 16.2. The lowest BCUT2D eigenvalue weighted by Crippen LogP contribution is -2.47. The Balaban J connectivity index is 2.00. The normalized spacial score (nSPS) is 18.4. The molecule has 1 aromatic heterocycles. The van der Waals surface area contributed by atoms with Gasteiger partial charge in [-0.2, -0.15) is 0 Å². The predicted octanol–water partition coefficient (Wildman–Crippen LogP) is 1.71. The predicted molar refractivity (Wildman–Crippen MR) is 85.3 cm³/mol. The van der Waals surface area contributed by atoms with Crippen molar-refractivity contribution in [3.05, 3.63) is 23.0 Å². The molecule has 1 N–H and O–H groups in total. The maximum Gasteiger partial charge on any atom is 0.271 e. The Kier molecular flexibility index (Phi) is 4.34. The highest BCUT2D eigenvalue weighted by Crippen LogP contribution is 2.27. The van der Waals surface area contributed by atoms with E-state index < -0.39 is 0 Å². The van der Waals surface area contributed by atoms with Crippen molar-refractivity contribution in [3.8, 4) is 0 Å². The summed E-state index contributed by atoms with van der Waals surface area (Å²) in [5.41, 5.74) is 2.84. The fraction of sp³-hybridized carbons (Fsp3) is 0.647. The van der Waals surface area contributed by atoms with Crippen molar-refractivity contribution >= 4 is 11.8 Å². The van der Waals surface area contributed by atoms with E-state index in [-0.39, 0.29) is 17.7 Å². The zero-order chi connectivity index (χ0) is 15.7. The van der Waals surface area contributed by atoms with Crippen molar-refractivity contribution in [1.29, 1.82) is 0 Å². The number of hydrogen-bond acceptors (Lipinski definition) is 3. The lowest BCUT2D eigenvalue weighted by atomic mass is 9.98. The van der Waals surface area contributed by atoms with Crippen molar-refractivity contribution in [2.24, 2.45) is 5.92 Å². The van der Waals surface area contributed by atoms with E-state index in [1.165, 1.54) is 5.56 Å². The zero-order valence-corrected chi connectivity index (χ0v) is 13.5. The fourth-order valence-electron chi connectivity index (χ4n) is 3.40. The molecule has 0 unspecified atom stereocenters. The van der Waals surface area contributed by atoms with Gasteiger partial charge in [-0.25, -0.2) is 0 Å². The van der Waals surface area contributed by atoms with E-state index in [1.54, 1.807) is 4.57 Å². The van der Waals surface area contributed by atoms with Crippen LogP contribution in [0, 0.1) is 5.92 Å². The standard InChI is InChI=1S/C17H25N3O2/c1-12(2)16(21)20-14-6-4-3-5-13(14)11-15(20)17(22)19-9-7-18-8-10-19/h11-12,18H,3-10H2,1-2H3. The summed E-state index contributed by atoms with van der Waals surface area (Å²) in [6.45, 7) is 6.87. The molecule has 1 saturated heterocycles. The molecule has 0 bridgehead atoms. The smallest absolute Gasteiger partial charge is 0.271 e. The van der Waals surface area contributed by atoms with Gasteiger partial charge < -0.3 is 10.2 Å². The molecule has 2 heterocycles. The van der Waals surface area contributed by atoms with Crippen LogP contribution in [-0.4, -0.2) is 47.5 Å². The molecule has 0 radical (unpaired) electrons. The number of nitrogens with zero attached hydrogens (tertiary/aromatic N) is 2. The van der Waals surface area contributed by atoms with Crippen LogP contribution in [0.25, 0.3) is 0 Å². The first-order valence-electron chi connectivity index (χ1n) is 8.37. The van der Waals surface area contributed by atoms with Gasteiger partial charge in [-0.1, -0.05) is 13.8 Å². The minimum Gasteiger partial charge on any atom is -0.335 e. The number of aromatic nitrogens is 1. The molecule has 22 heavy (non-hydrogen) atoms. The summed E-state index contributed by atoms with van der Waals surface area (Å²) in [4.78, 5) is 27.4. The van der Waals surface area contributed by atoms with Gasteiger partial charge in [-0.3, -0.25) is 14.2 Å². The average Bonchev–Trinajstić information content (AvgIpc) is 2.93. The third-order valence-electron chi connectivity index (χ3n) is 4.64. The van der Waals surface area contributed by atoms with Crippen LogP contribution in [0.15, 0.2) is 6.07 Å². The summed E-state index contributed by atoms with van der Waals surface area (Å²) in [6, 6.07) is 1.97. The third kappa shape index (κ3) is 2.70. The van der Waals surface area contributed by atoms with Crippen LogP contribution in [0.5, 0.6) is 0 Å². The second-order valence-electron chi connectivity index (χ2n) is 6.58. The number of aryl methyl sites for hydroxylation is 1. The van der Waals surface area contributed by atoms with E-state index in [0.717, 1.165) is 44.5 Å². The first-order chi connectivity index (χ1) is 10.6. The van der Waals surface area contributed by atoms with E-state index in [1.807, 2.05) is 24.8 Å². The number of carbonyl (C=O) groups excluding carboxylic acids is 2. The van der Waals surface area contributed by atoms with E-state index in [4.69, 9.17) is 0 Å². The lowest BCUT2D eigenvalue weighted by molar-refractivity contribution is 0.0703. The van der Waals surface area contributed by atoms with Crippen LogP contribution in [0.2, 0.25) is 0 Å². The highest BCUT2D eigenvalue weighted by molar-refractivity contribution is 5.98. The van der Waals surface area contributed by atoms with Gasteiger partial charge in [0.25, 0.3) is 5.91 Å². The van der Waals surface area contributed by atoms with Gasteiger partial charge in [0.05, 0.1) is 0 Å². The zero-order valence-electron chi connectivity index (χ0n) is 13.5. The topological polar surface area (TPSA) is 54.3 Å². The number of hydrogen-bond donors (Lipinski definition) is 1. The molecule has 0 spiro atoms. The molecule has 1 aliphatic carbocycles. The molecule has 1 amide bonds. The van der Waals surface area contributed by atoms with Gasteiger partial charge in [0, 0.05) is 37.8 Å². The summed E-state index contributed by atoms with van der Waals surface area (Å²) < 4.78 is 1.73. The molecule has 2 aliphatic rings. The van der Waals surface area contributed by atoms with Crippen molar-refractivity contribution in [2.45, 2.75) is 39.5 Å². The Bertz CT molecular complexity index is 583. The molecule has 120 valence electrons. The molecule has 1 aromatic rings. The monoisotopic (exact) mass is 303 g/mol. The van der Waals surface area contributed by atoms with E-state index >= 15 is 0 Å². The molecule has 5 nitrogen and oxygen atoms in total. The van der Waals surface area contributed by atoms with Crippen molar-refractivity contribution < 1.29 is 9.59 Å². The Hall–Kier alpha value is -1.62. The molecule has 5 heteroatoms. The molecule has 0 aromatic carbocycles. The van der Waals surface area contributed by atoms with Crippen LogP contribution >= 0.6 is 0 Å². The summed E-state index contributed by atoms with van der Waals surface area (Å²) in [5, 5.41) is 3.26.